The van der Waals surface area contributed by atoms with Crippen molar-refractivity contribution in [3.05, 3.63) is 30.2 Å². The zero-order valence-electron chi connectivity index (χ0n) is 10.2. The molecule has 2 heterocycles. The summed E-state index contributed by atoms with van der Waals surface area (Å²) in [6.45, 7) is 1.87. The quantitative estimate of drug-likeness (QED) is 0.658. The molecule has 0 saturated carbocycles. The highest BCUT2D eigenvalue weighted by Crippen LogP contribution is 2.26. The summed E-state index contributed by atoms with van der Waals surface area (Å²) in [5, 5.41) is 0. The minimum atomic E-state index is 0.685. The van der Waals surface area contributed by atoms with Gasteiger partial charge < -0.3 is 10.5 Å². The molecule has 0 amide bonds. The average Bonchev–Trinajstić information content (AvgIpc) is 2.77. The maximum atomic E-state index is 5.38. The van der Waals surface area contributed by atoms with Gasteiger partial charge in [0.25, 0.3) is 0 Å². The Labute approximate surface area is 110 Å². The number of methoxy groups -OCH3 is 1. The molecule has 0 aliphatic heterocycles. The molecule has 2 N–H and O–H groups in total. The van der Waals surface area contributed by atoms with E-state index in [0.29, 0.717) is 11.6 Å². The Hall–Kier alpha value is -1.95. The minimum Gasteiger partial charge on any atom is -0.495 e. The summed E-state index contributed by atoms with van der Waals surface area (Å²) in [5.74, 6) is 1.40. The van der Waals surface area contributed by atoms with E-state index < -0.39 is 0 Å². The number of pyridine rings is 1. The Bertz CT molecular complexity index is 630. The van der Waals surface area contributed by atoms with Gasteiger partial charge >= 0.3 is 0 Å². The highest BCUT2D eigenvalue weighted by molar-refractivity contribution is 7.80. The molecular weight excluding hydrogens is 248 g/mol. The molecule has 0 aliphatic carbocycles. The molecule has 6 heteroatoms. The number of rotatable bonds is 3. The van der Waals surface area contributed by atoms with E-state index in [-0.39, 0.29) is 0 Å². The molecule has 2 rings (SSSR count). The predicted octanol–water partition coefficient (Wildman–Crippen LogP) is 2.20. The van der Waals surface area contributed by atoms with Gasteiger partial charge in [0, 0.05) is 18.5 Å². The van der Waals surface area contributed by atoms with Gasteiger partial charge in [0.15, 0.2) is 5.82 Å². The van der Waals surface area contributed by atoms with Crippen LogP contribution >= 0.6 is 12.6 Å². The standard InChI is InChI=1S/C12H14N4OS/c1-8(4-13)5-14-12-6-15-11-3-9(17-2)10(18)7-16(11)12/h3-7,18H,13H2,1-2H3/b8-4-,14-5+. The van der Waals surface area contributed by atoms with Crippen LogP contribution in [0.15, 0.2) is 40.1 Å². The third kappa shape index (κ3) is 2.33. The van der Waals surface area contributed by atoms with Gasteiger partial charge in [0.05, 0.1) is 18.2 Å². The molecule has 0 bridgehead atoms. The maximum absolute atomic E-state index is 5.38. The predicted molar refractivity (Wildman–Crippen MR) is 75.1 cm³/mol. The van der Waals surface area contributed by atoms with Crippen molar-refractivity contribution in [1.29, 1.82) is 0 Å². The molecule has 94 valence electrons. The van der Waals surface area contributed by atoms with Gasteiger partial charge in [0.1, 0.15) is 11.4 Å². The van der Waals surface area contributed by atoms with Gasteiger partial charge in [-0.25, -0.2) is 9.98 Å². The third-order valence-electron chi connectivity index (χ3n) is 2.45. The first-order valence-corrected chi connectivity index (χ1v) is 5.77. The number of aliphatic imine (C=N–C) groups is 1. The monoisotopic (exact) mass is 262 g/mol. The summed E-state index contributed by atoms with van der Waals surface area (Å²) in [6, 6.07) is 1.81. The van der Waals surface area contributed by atoms with Gasteiger partial charge in [-0.15, -0.1) is 12.6 Å². The Morgan fingerprint density at radius 1 is 1.61 bits per heavy atom. The van der Waals surface area contributed by atoms with Crippen molar-refractivity contribution < 1.29 is 4.74 Å². The molecule has 0 atom stereocenters. The number of nitrogens with zero attached hydrogens (tertiary/aromatic N) is 3. The van der Waals surface area contributed by atoms with E-state index in [1.54, 1.807) is 19.5 Å². The van der Waals surface area contributed by atoms with Crippen LogP contribution in [-0.4, -0.2) is 22.7 Å². The summed E-state index contributed by atoms with van der Waals surface area (Å²) in [5.41, 5.74) is 7.02. The van der Waals surface area contributed by atoms with Crippen LogP contribution in [0, 0.1) is 0 Å². The van der Waals surface area contributed by atoms with Crippen LogP contribution < -0.4 is 10.5 Å². The molecular formula is C12H14N4OS. The van der Waals surface area contributed by atoms with E-state index in [2.05, 4.69) is 22.6 Å². The maximum Gasteiger partial charge on any atom is 0.156 e. The van der Waals surface area contributed by atoms with Crippen molar-refractivity contribution in [2.75, 3.05) is 7.11 Å². The lowest BCUT2D eigenvalue weighted by molar-refractivity contribution is 0.404. The number of thiol groups is 1. The first-order chi connectivity index (χ1) is 8.65. The van der Waals surface area contributed by atoms with Crippen molar-refractivity contribution in [2.24, 2.45) is 10.7 Å². The van der Waals surface area contributed by atoms with Gasteiger partial charge in [-0.2, -0.15) is 0 Å². The number of allylic oxidation sites excluding steroid dienone is 1. The lowest BCUT2D eigenvalue weighted by Crippen LogP contribution is -1.90. The molecule has 0 saturated heterocycles. The molecule has 2 aromatic heterocycles. The van der Waals surface area contributed by atoms with E-state index in [1.165, 1.54) is 6.20 Å². The second-order valence-electron chi connectivity index (χ2n) is 3.74. The summed E-state index contributed by atoms with van der Waals surface area (Å²) in [4.78, 5) is 9.30. The van der Waals surface area contributed by atoms with Crippen molar-refractivity contribution in [3.8, 4) is 5.75 Å². The summed E-state index contributed by atoms with van der Waals surface area (Å²) in [7, 11) is 1.60. The molecule has 0 aliphatic rings. The van der Waals surface area contributed by atoms with Crippen molar-refractivity contribution >= 4 is 30.3 Å². The van der Waals surface area contributed by atoms with Crippen molar-refractivity contribution in [3.63, 3.8) is 0 Å². The lowest BCUT2D eigenvalue weighted by Gasteiger charge is -2.04. The number of nitrogens with two attached hydrogens (primary N) is 1. The molecule has 0 unspecified atom stereocenters. The van der Waals surface area contributed by atoms with Crippen LogP contribution in [0.2, 0.25) is 0 Å². The van der Waals surface area contributed by atoms with E-state index >= 15 is 0 Å². The molecule has 18 heavy (non-hydrogen) atoms. The number of aromatic nitrogens is 2. The second-order valence-corrected chi connectivity index (χ2v) is 4.22. The molecule has 5 nitrogen and oxygen atoms in total. The van der Waals surface area contributed by atoms with E-state index in [1.807, 2.05) is 23.6 Å². The summed E-state index contributed by atoms with van der Waals surface area (Å²) >= 11 is 4.35. The fraction of sp³-hybridized carbons (Fsp3) is 0.167. The van der Waals surface area contributed by atoms with Gasteiger partial charge in [-0.3, -0.25) is 4.40 Å². The van der Waals surface area contributed by atoms with Crippen LogP contribution in [0.3, 0.4) is 0 Å². The normalized spacial score (nSPS) is 12.5. The molecule has 0 spiro atoms. The van der Waals surface area contributed by atoms with Crippen LogP contribution in [0.4, 0.5) is 5.82 Å². The zero-order chi connectivity index (χ0) is 13.1. The minimum absolute atomic E-state index is 0.685. The lowest BCUT2D eigenvalue weighted by atomic mass is 10.4. The third-order valence-corrected chi connectivity index (χ3v) is 2.79. The Morgan fingerprint density at radius 2 is 2.39 bits per heavy atom. The van der Waals surface area contributed by atoms with Gasteiger partial charge in [-0.1, -0.05) is 0 Å². The van der Waals surface area contributed by atoms with Crippen LogP contribution in [0.25, 0.3) is 5.65 Å². The molecule has 2 aromatic rings. The highest BCUT2D eigenvalue weighted by Gasteiger charge is 2.06. The number of hydrogen-bond acceptors (Lipinski definition) is 5. The van der Waals surface area contributed by atoms with Crippen molar-refractivity contribution in [2.45, 2.75) is 11.8 Å². The fourth-order valence-electron chi connectivity index (χ4n) is 1.45. The topological polar surface area (TPSA) is 64.9 Å². The number of ether oxygens (including phenoxy) is 1. The average molecular weight is 262 g/mol. The fourth-order valence-corrected chi connectivity index (χ4v) is 1.72. The molecule has 0 radical (unpaired) electrons. The SMILES string of the molecule is COc1cc2ncc(/N=C/C(C)=C\N)n2cc1S. The van der Waals surface area contributed by atoms with Crippen LogP contribution in [-0.2, 0) is 0 Å². The smallest absolute Gasteiger partial charge is 0.156 e. The molecule has 0 aromatic carbocycles. The summed E-state index contributed by atoms with van der Waals surface area (Å²) in [6.07, 6.45) is 6.69. The number of fused-ring (bicyclic) bond motifs is 1. The van der Waals surface area contributed by atoms with Crippen molar-refractivity contribution in [1.82, 2.24) is 9.38 Å². The Morgan fingerprint density at radius 3 is 3.06 bits per heavy atom. The zero-order valence-corrected chi connectivity index (χ0v) is 11.1. The van der Waals surface area contributed by atoms with Gasteiger partial charge in [0.2, 0.25) is 0 Å². The van der Waals surface area contributed by atoms with Crippen LogP contribution in [0.1, 0.15) is 6.92 Å². The number of hydrogen-bond donors (Lipinski definition) is 2. The Kier molecular flexibility index (Phi) is 3.57. The Balaban J connectivity index is 2.48. The first kappa shape index (κ1) is 12.5. The largest absolute Gasteiger partial charge is 0.495 e. The second kappa shape index (κ2) is 5.14. The summed E-state index contributed by atoms with van der Waals surface area (Å²) < 4.78 is 7.02. The number of imidazole rings is 1. The van der Waals surface area contributed by atoms with Gasteiger partial charge in [-0.05, 0) is 18.7 Å². The van der Waals surface area contributed by atoms with Crippen LogP contribution in [0.5, 0.6) is 5.75 Å². The van der Waals surface area contributed by atoms with E-state index in [9.17, 15) is 0 Å². The highest BCUT2D eigenvalue weighted by atomic mass is 32.1. The molecule has 0 fully saturated rings. The first-order valence-electron chi connectivity index (χ1n) is 5.32. The van der Waals surface area contributed by atoms with E-state index in [0.717, 1.165) is 16.1 Å². The van der Waals surface area contributed by atoms with E-state index in [4.69, 9.17) is 10.5 Å².